The molecule has 156 valence electrons. The summed E-state index contributed by atoms with van der Waals surface area (Å²) in [5.41, 5.74) is 4.24. The van der Waals surface area contributed by atoms with Crippen molar-refractivity contribution in [1.82, 2.24) is 14.8 Å². The Morgan fingerprint density at radius 1 is 1.03 bits per heavy atom. The van der Waals surface area contributed by atoms with Gasteiger partial charge in [-0.05, 0) is 43.7 Å². The molecule has 0 aliphatic carbocycles. The number of carbonyl (C=O) groups is 1. The highest BCUT2D eigenvalue weighted by Crippen LogP contribution is 2.25. The monoisotopic (exact) mass is 432 g/mol. The lowest BCUT2D eigenvalue weighted by atomic mass is 10.1. The number of halogens is 1. The third kappa shape index (κ3) is 4.44. The normalized spacial score (nSPS) is 10.7. The predicted octanol–water partition coefficient (Wildman–Crippen LogP) is 5.47. The fraction of sp³-hybridized carbons (Fsp3) is 0.125. The van der Waals surface area contributed by atoms with E-state index in [1.165, 1.54) is 0 Å². The largest absolute Gasteiger partial charge is 0.497 e. The van der Waals surface area contributed by atoms with Crippen molar-refractivity contribution >= 4 is 23.2 Å². The zero-order valence-electron chi connectivity index (χ0n) is 17.4. The zero-order chi connectivity index (χ0) is 22.0. The molecule has 3 aromatic carbocycles. The van der Waals surface area contributed by atoms with Crippen LogP contribution in [0.4, 0.5) is 5.69 Å². The number of benzene rings is 3. The first-order valence-corrected chi connectivity index (χ1v) is 10.1. The van der Waals surface area contributed by atoms with Crippen LogP contribution in [0.3, 0.4) is 0 Å². The average Bonchev–Trinajstić information content (AvgIpc) is 3.22. The minimum atomic E-state index is -0.418. The Kier molecular flexibility index (Phi) is 5.73. The van der Waals surface area contributed by atoms with Gasteiger partial charge in [0, 0.05) is 22.3 Å². The Bertz CT molecular complexity index is 1250. The number of aryl methyl sites for hydroxylation is 2. The van der Waals surface area contributed by atoms with Gasteiger partial charge in [-0.3, -0.25) is 4.79 Å². The molecular formula is C24H21ClN4O2. The lowest BCUT2D eigenvalue weighted by Gasteiger charge is -2.08. The van der Waals surface area contributed by atoms with Crippen LogP contribution < -0.4 is 10.1 Å². The van der Waals surface area contributed by atoms with Gasteiger partial charge in [0.25, 0.3) is 5.91 Å². The van der Waals surface area contributed by atoms with E-state index in [0.717, 1.165) is 22.4 Å². The molecule has 0 fully saturated rings. The van der Waals surface area contributed by atoms with Gasteiger partial charge in [-0.2, -0.15) is 0 Å². The zero-order valence-corrected chi connectivity index (χ0v) is 18.1. The van der Waals surface area contributed by atoms with Crippen molar-refractivity contribution in [1.29, 1.82) is 0 Å². The van der Waals surface area contributed by atoms with Gasteiger partial charge in [0.05, 0.1) is 12.8 Å². The molecule has 4 aromatic rings. The summed E-state index contributed by atoms with van der Waals surface area (Å²) in [5.74, 6) is 0.829. The summed E-state index contributed by atoms with van der Waals surface area (Å²) >= 11 is 6.34. The molecule has 6 nitrogen and oxygen atoms in total. The van der Waals surface area contributed by atoms with Gasteiger partial charge in [0.15, 0.2) is 5.82 Å². The van der Waals surface area contributed by atoms with Crippen LogP contribution in [0.2, 0.25) is 5.02 Å². The van der Waals surface area contributed by atoms with E-state index in [-0.39, 0.29) is 5.82 Å². The van der Waals surface area contributed by atoms with Crippen molar-refractivity contribution in [2.75, 3.05) is 12.4 Å². The van der Waals surface area contributed by atoms with Crippen molar-refractivity contribution in [2.24, 2.45) is 0 Å². The number of methoxy groups -OCH3 is 1. The molecule has 0 aliphatic heterocycles. The Labute approximate surface area is 185 Å². The molecule has 4 rings (SSSR count). The number of nitrogens with zero attached hydrogens (tertiary/aromatic N) is 3. The van der Waals surface area contributed by atoms with Crippen molar-refractivity contribution in [3.8, 4) is 22.8 Å². The molecule has 0 atom stereocenters. The number of nitrogens with one attached hydrogen (secondary N) is 1. The van der Waals surface area contributed by atoms with Gasteiger partial charge in [-0.15, -0.1) is 5.10 Å². The predicted molar refractivity (Wildman–Crippen MR) is 122 cm³/mol. The number of aromatic nitrogens is 3. The van der Waals surface area contributed by atoms with E-state index in [9.17, 15) is 4.79 Å². The number of amides is 1. The van der Waals surface area contributed by atoms with Crippen LogP contribution in [0, 0.1) is 13.8 Å². The molecule has 0 aliphatic rings. The standard InChI is InChI=1S/C24H21ClN4O2/c1-15-7-10-17(11-8-15)23-27-22(24(30)26-18-5-4-6-20(13-18)31-3)28-29(23)19-12-9-16(2)21(25)14-19/h4-14H,1-3H3,(H,26,30). The number of carbonyl (C=O) groups excluding carboxylic acids is 1. The van der Waals surface area contributed by atoms with Gasteiger partial charge < -0.3 is 10.1 Å². The first-order valence-electron chi connectivity index (χ1n) is 9.70. The molecule has 1 aromatic heterocycles. The molecule has 0 radical (unpaired) electrons. The lowest BCUT2D eigenvalue weighted by molar-refractivity contribution is 0.101. The summed E-state index contributed by atoms with van der Waals surface area (Å²) in [4.78, 5) is 17.4. The number of ether oxygens (including phenoxy) is 1. The van der Waals surface area contributed by atoms with Crippen molar-refractivity contribution in [3.63, 3.8) is 0 Å². The number of rotatable bonds is 5. The first-order chi connectivity index (χ1) is 14.9. The fourth-order valence-electron chi connectivity index (χ4n) is 3.08. The summed E-state index contributed by atoms with van der Waals surface area (Å²) in [7, 11) is 1.57. The van der Waals surface area contributed by atoms with E-state index in [0.29, 0.717) is 22.3 Å². The van der Waals surface area contributed by atoms with E-state index in [1.54, 1.807) is 36.1 Å². The number of hydrogen-bond donors (Lipinski definition) is 1. The lowest BCUT2D eigenvalue weighted by Crippen LogP contribution is -2.14. The third-order valence-corrected chi connectivity index (χ3v) is 5.25. The van der Waals surface area contributed by atoms with Crippen LogP contribution in [-0.4, -0.2) is 27.8 Å². The molecule has 0 unspecified atom stereocenters. The molecule has 0 saturated heterocycles. The highest BCUT2D eigenvalue weighted by atomic mass is 35.5. The van der Waals surface area contributed by atoms with Gasteiger partial charge in [-0.1, -0.05) is 53.6 Å². The third-order valence-electron chi connectivity index (χ3n) is 4.85. The maximum absolute atomic E-state index is 12.9. The Morgan fingerprint density at radius 3 is 2.52 bits per heavy atom. The van der Waals surface area contributed by atoms with E-state index < -0.39 is 5.91 Å². The average molecular weight is 433 g/mol. The molecule has 31 heavy (non-hydrogen) atoms. The number of anilines is 1. The molecule has 1 amide bonds. The van der Waals surface area contributed by atoms with Crippen LogP contribution in [0.5, 0.6) is 5.75 Å². The van der Waals surface area contributed by atoms with Gasteiger partial charge in [0.2, 0.25) is 5.82 Å². The molecule has 0 bridgehead atoms. The molecule has 7 heteroatoms. The highest BCUT2D eigenvalue weighted by Gasteiger charge is 2.19. The van der Waals surface area contributed by atoms with E-state index in [2.05, 4.69) is 15.4 Å². The maximum Gasteiger partial charge on any atom is 0.295 e. The minimum Gasteiger partial charge on any atom is -0.497 e. The van der Waals surface area contributed by atoms with E-state index in [4.69, 9.17) is 16.3 Å². The smallest absolute Gasteiger partial charge is 0.295 e. The first kappa shape index (κ1) is 20.6. The van der Waals surface area contributed by atoms with Crippen molar-refractivity contribution in [3.05, 3.63) is 88.7 Å². The molecular weight excluding hydrogens is 412 g/mol. The SMILES string of the molecule is COc1cccc(NC(=O)c2nc(-c3ccc(C)cc3)n(-c3ccc(C)c(Cl)c3)n2)c1. The van der Waals surface area contributed by atoms with E-state index in [1.807, 2.05) is 56.3 Å². The van der Waals surface area contributed by atoms with Crippen molar-refractivity contribution < 1.29 is 9.53 Å². The minimum absolute atomic E-state index is 0.0510. The summed E-state index contributed by atoms with van der Waals surface area (Å²) in [6, 6.07) is 20.6. The molecule has 1 heterocycles. The topological polar surface area (TPSA) is 69.0 Å². The van der Waals surface area contributed by atoms with Gasteiger partial charge in [0.1, 0.15) is 5.75 Å². The Balaban J connectivity index is 1.75. The maximum atomic E-state index is 12.9. The Hall–Kier alpha value is -3.64. The second kappa shape index (κ2) is 8.62. The van der Waals surface area contributed by atoms with Crippen LogP contribution in [0.15, 0.2) is 66.7 Å². The van der Waals surface area contributed by atoms with Crippen LogP contribution in [-0.2, 0) is 0 Å². The molecule has 0 saturated carbocycles. The van der Waals surface area contributed by atoms with Gasteiger partial charge in [-0.25, -0.2) is 9.67 Å². The van der Waals surface area contributed by atoms with Crippen LogP contribution in [0.1, 0.15) is 21.7 Å². The summed E-state index contributed by atoms with van der Waals surface area (Å²) < 4.78 is 6.85. The number of hydrogen-bond acceptors (Lipinski definition) is 4. The second-order valence-electron chi connectivity index (χ2n) is 7.16. The Morgan fingerprint density at radius 2 is 1.81 bits per heavy atom. The quantitative estimate of drug-likeness (QED) is 0.454. The second-order valence-corrected chi connectivity index (χ2v) is 7.56. The van der Waals surface area contributed by atoms with Gasteiger partial charge >= 0.3 is 0 Å². The summed E-state index contributed by atoms with van der Waals surface area (Å²) in [5, 5.41) is 7.93. The highest BCUT2D eigenvalue weighted by molar-refractivity contribution is 6.31. The molecule has 0 spiro atoms. The van der Waals surface area contributed by atoms with Crippen LogP contribution >= 0.6 is 11.6 Å². The summed E-state index contributed by atoms with van der Waals surface area (Å²) in [6.45, 7) is 3.95. The summed E-state index contributed by atoms with van der Waals surface area (Å²) in [6.07, 6.45) is 0. The van der Waals surface area contributed by atoms with Crippen molar-refractivity contribution in [2.45, 2.75) is 13.8 Å². The van der Waals surface area contributed by atoms with Crippen LogP contribution in [0.25, 0.3) is 17.1 Å². The van der Waals surface area contributed by atoms with E-state index >= 15 is 0 Å². The fourth-order valence-corrected chi connectivity index (χ4v) is 3.25. The molecule has 1 N–H and O–H groups in total.